The molecule has 0 spiro atoms. The predicted octanol–water partition coefficient (Wildman–Crippen LogP) is -0.245. The summed E-state index contributed by atoms with van der Waals surface area (Å²) in [5.41, 5.74) is 0.548. The molecule has 0 bridgehead atoms. The molecule has 0 fully saturated rings. The smallest absolute Gasteiger partial charge is 0.537 e. The minimum absolute atomic E-state index is 0.0268. The van der Waals surface area contributed by atoms with Crippen molar-refractivity contribution in [3.8, 4) is 0 Å². The second-order valence-electron chi connectivity index (χ2n) is 4.90. The molecule has 2 heterocycles. The minimum atomic E-state index is -1.68. The Hall–Kier alpha value is -2.01. The molecule has 0 aromatic carbocycles. The van der Waals surface area contributed by atoms with Crippen molar-refractivity contribution in [1.82, 2.24) is 14.9 Å². The maximum Gasteiger partial charge on any atom is 0.537 e. The number of carbonyl (C=O) groups is 1. The Morgan fingerprint density at radius 2 is 2.41 bits per heavy atom. The van der Waals surface area contributed by atoms with E-state index in [1.54, 1.807) is 0 Å². The van der Waals surface area contributed by atoms with Crippen LogP contribution in [0, 0.1) is 5.92 Å². The maximum atomic E-state index is 13.7. The first-order chi connectivity index (χ1) is 10.5. The van der Waals surface area contributed by atoms with E-state index < -0.39 is 30.3 Å². The Balaban J connectivity index is 1.84. The van der Waals surface area contributed by atoms with E-state index in [1.165, 1.54) is 23.2 Å². The third-order valence-corrected chi connectivity index (χ3v) is 4.65. The van der Waals surface area contributed by atoms with Crippen LogP contribution < -0.4 is 5.84 Å². The molecule has 2 unspecified atom stereocenters. The molecule has 1 aliphatic heterocycles. The van der Waals surface area contributed by atoms with Crippen molar-refractivity contribution >= 4 is 24.8 Å². The average Bonchev–Trinajstić information content (AvgIpc) is 2.85. The average molecular weight is 326 g/mol. The second kappa shape index (κ2) is 5.65. The van der Waals surface area contributed by atoms with Gasteiger partial charge in [0.2, 0.25) is 5.16 Å². The van der Waals surface area contributed by atoms with Crippen molar-refractivity contribution in [3.05, 3.63) is 29.8 Å². The Bertz CT molecular complexity index is 666. The van der Waals surface area contributed by atoms with Crippen LogP contribution in [-0.2, 0) is 9.45 Å². The second-order valence-corrected chi connectivity index (χ2v) is 6.10. The lowest BCUT2D eigenvalue weighted by molar-refractivity contribution is -0.142. The molecule has 2 aliphatic rings. The lowest BCUT2D eigenvalue weighted by atomic mass is 9.74. The molecule has 0 saturated heterocycles. The summed E-state index contributed by atoms with van der Waals surface area (Å²) in [6, 6.07) is 0. The van der Waals surface area contributed by atoms with Crippen LogP contribution in [0.25, 0.3) is 0 Å². The molecule has 1 aliphatic carbocycles. The SMILES string of the molecule is Nn1cnnc1S[C@H]1CC2=C(OB1O)C(C(=O)O)C(F)C=C2. The molecular formula is C11H12BFN4O4S. The Labute approximate surface area is 129 Å². The molecule has 1 aromatic heterocycles. The van der Waals surface area contributed by atoms with Gasteiger partial charge in [-0.1, -0.05) is 17.8 Å². The summed E-state index contributed by atoms with van der Waals surface area (Å²) in [4.78, 5) is 11.2. The molecule has 4 N–H and O–H groups in total. The molecule has 1 aromatic rings. The molecule has 22 heavy (non-hydrogen) atoms. The van der Waals surface area contributed by atoms with Crippen LogP contribution in [0.1, 0.15) is 6.42 Å². The van der Waals surface area contributed by atoms with Crippen molar-refractivity contribution < 1.29 is 24.0 Å². The number of nitrogens with two attached hydrogens (primary N) is 1. The third kappa shape index (κ3) is 2.57. The molecule has 11 heteroatoms. The van der Waals surface area contributed by atoms with E-state index in [0.29, 0.717) is 17.2 Å². The van der Waals surface area contributed by atoms with Gasteiger partial charge in [-0.25, -0.2) is 9.07 Å². The van der Waals surface area contributed by atoms with Gasteiger partial charge < -0.3 is 20.6 Å². The Morgan fingerprint density at radius 1 is 1.64 bits per heavy atom. The topological polar surface area (TPSA) is 123 Å². The standard InChI is InChI=1S/C11H12BFN4O4S/c13-6-2-1-5-3-7(22-11-16-15-4-17(11)14)12(20)21-9(5)8(6)10(18)19/h1-2,4,6-8,20H,3,14H2,(H,18,19)/t6?,7-,8?/m0/s1. The molecule has 3 atom stereocenters. The van der Waals surface area contributed by atoms with Gasteiger partial charge in [0, 0.05) is 0 Å². The number of hydrogen-bond donors (Lipinski definition) is 3. The van der Waals surface area contributed by atoms with Crippen molar-refractivity contribution in [2.24, 2.45) is 5.92 Å². The van der Waals surface area contributed by atoms with Gasteiger partial charge in [-0.2, -0.15) is 0 Å². The van der Waals surface area contributed by atoms with E-state index in [2.05, 4.69) is 10.2 Å². The van der Waals surface area contributed by atoms with E-state index >= 15 is 0 Å². The van der Waals surface area contributed by atoms with Gasteiger partial charge in [0.15, 0.2) is 0 Å². The van der Waals surface area contributed by atoms with Gasteiger partial charge in [-0.3, -0.25) is 4.79 Å². The predicted molar refractivity (Wildman–Crippen MR) is 75.7 cm³/mol. The van der Waals surface area contributed by atoms with Gasteiger partial charge in [0.1, 0.15) is 18.4 Å². The van der Waals surface area contributed by atoms with E-state index in [4.69, 9.17) is 15.6 Å². The lowest BCUT2D eigenvalue weighted by Crippen LogP contribution is -2.42. The number of aromatic nitrogens is 3. The van der Waals surface area contributed by atoms with E-state index in [9.17, 15) is 14.2 Å². The third-order valence-electron chi connectivity index (χ3n) is 3.45. The number of alkyl halides is 1. The van der Waals surface area contributed by atoms with E-state index in [0.717, 1.165) is 11.8 Å². The van der Waals surface area contributed by atoms with Crippen LogP contribution in [0.15, 0.2) is 35.0 Å². The number of aliphatic carboxylic acids is 1. The fourth-order valence-corrected chi connectivity index (χ4v) is 3.36. The first kappa shape index (κ1) is 14.9. The number of allylic oxidation sites excluding steroid dienone is 3. The summed E-state index contributed by atoms with van der Waals surface area (Å²) < 4.78 is 20.2. The number of carboxylic acids is 1. The highest BCUT2D eigenvalue weighted by atomic mass is 32.2. The first-order valence-corrected chi connectivity index (χ1v) is 7.30. The normalized spacial score (nSPS) is 27.5. The summed E-state index contributed by atoms with van der Waals surface area (Å²) in [5, 5.41) is 26.6. The number of nitrogen functional groups attached to an aromatic ring is 1. The van der Waals surface area contributed by atoms with Gasteiger partial charge >= 0.3 is 13.1 Å². The van der Waals surface area contributed by atoms with E-state index in [-0.39, 0.29) is 5.76 Å². The van der Waals surface area contributed by atoms with Crippen LogP contribution in [0.3, 0.4) is 0 Å². The fraction of sp³-hybridized carbons (Fsp3) is 0.364. The molecule has 8 nitrogen and oxygen atoms in total. The lowest BCUT2D eigenvalue weighted by Gasteiger charge is -2.33. The minimum Gasteiger partial charge on any atom is -0.538 e. The first-order valence-electron chi connectivity index (χ1n) is 6.42. The number of hydrogen-bond acceptors (Lipinski definition) is 7. The molecule has 0 amide bonds. The highest BCUT2D eigenvalue weighted by Crippen LogP contribution is 2.39. The number of carboxylic acid groups (broad SMARTS) is 1. The van der Waals surface area contributed by atoms with Gasteiger partial charge in [-0.05, 0) is 18.1 Å². The monoisotopic (exact) mass is 326 g/mol. The highest BCUT2D eigenvalue weighted by molar-refractivity contribution is 8.01. The highest BCUT2D eigenvalue weighted by Gasteiger charge is 2.44. The van der Waals surface area contributed by atoms with Crippen LogP contribution >= 0.6 is 11.8 Å². The molecule has 0 saturated carbocycles. The largest absolute Gasteiger partial charge is 0.538 e. The van der Waals surface area contributed by atoms with Gasteiger partial charge in [-0.15, -0.1) is 10.2 Å². The number of halogens is 1. The zero-order chi connectivity index (χ0) is 15.9. The Morgan fingerprint density at radius 3 is 3.05 bits per heavy atom. The summed E-state index contributed by atoms with van der Waals surface area (Å²) >= 11 is 1.15. The summed E-state index contributed by atoms with van der Waals surface area (Å²) in [6.45, 7) is 0. The van der Waals surface area contributed by atoms with Crippen molar-refractivity contribution in [3.63, 3.8) is 0 Å². The van der Waals surface area contributed by atoms with Gasteiger partial charge in [0.25, 0.3) is 0 Å². The van der Waals surface area contributed by atoms with E-state index in [1.807, 2.05) is 0 Å². The Kier molecular flexibility index (Phi) is 3.83. The van der Waals surface area contributed by atoms with Crippen molar-refractivity contribution in [1.29, 1.82) is 0 Å². The van der Waals surface area contributed by atoms with Crippen molar-refractivity contribution in [2.75, 3.05) is 5.84 Å². The number of nitrogens with zero attached hydrogens (tertiary/aromatic N) is 3. The summed E-state index contributed by atoms with van der Waals surface area (Å²) in [6.07, 6.45) is 2.62. The molecule has 3 rings (SSSR count). The summed E-state index contributed by atoms with van der Waals surface area (Å²) in [7, 11) is -1.29. The van der Waals surface area contributed by atoms with Crippen molar-refractivity contribution in [2.45, 2.75) is 22.9 Å². The fourth-order valence-electron chi connectivity index (χ4n) is 2.39. The quantitative estimate of drug-likeness (QED) is 0.513. The van der Waals surface area contributed by atoms with Crippen LogP contribution in [0.5, 0.6) is 0 Å². The number of rotatable bonds is 3. The molecule has 0 radical (unpaired) electrons. The summed E-state index contributed by atoms with van der Waals surface area (Å²) in [5.74, 6) is 2.82. The number of thioether (sulfide) groups is 1. The van der Waals surface area contributed by atoms with Crippen LogP contribution in [-0.4, -0.2) is 49.4 Å². The maximum absolute atomic E-state index is 13.7. The van der Waals surface area contributed by atoms with Crippen LogP contribution in [0.2, 0.25) is 0 Å². The molecular weight excluding hydrogens is 314 g/mol. The van der Waals surface area contributed by atoms with Gasteiger partial charge in [0.05, 0.1) is 10.9 Å². The zero-order valence-electron chi connectivity index (χ0n) is 11.2. The zero-order valence-corrected chi connectivity index (χ0v) is 12.0. The molecule has 116 valence electrons. The van der Waals surface area contributed by atoms with Crippen LogP contribution in [0.4, 0.5) is 4.39 Å².